The average molecular weight is 305 g/mol. The van der Waals surface area contributed by atoms with Crippen LogP contribution in [-0.4, -0.2) is 6.47 Å². The van der Waals surface area contributed by atoms with Gasteiger partial charge in [-0.1, -0.05) is 41.9 Å². The summed E-state index contributed by atoms with van der Waals surface area (Å²) >= 11 is 5.84. The molecule has 2 aromatic rings. The molecule has 0 aliphatic heterocycles. The molecular weight excluding hydrogens is 291 g/mol. The molecule has 0 spiro atoms. The lowest BCUT2D eigenvalue weighted by molar-refractivity contribution is -0.123. The molecule has 0 atom stereocenters. The SMILES string of the molecule is O=COC=C(CCc1ccc(Cl)cc1)c1ccccc1F. The number of carbonyl (C=O) groups is 1. The van der Waals surface area contributed by atoms with Crippen LogP contribution in [0.15, 0.2) is 54.8 Å². The maximum atomic E-state index is 13.8. The lowest BCUT2D eigenvalue weighted by Gasteiger charge is -2.08. The van der Waals surface area contributed by atoms with Crippen molar-refractivity contribution in [3.8, 4) is 0 Å². The van der Waals surface area contributed by atoms with Gasteiger partial charge >= 0.3 is 0 Å². The first-order valence-electron chi connectivity index (χ1n) is 6.48. The van der Waals surface area contributed by atoms with E-state index in [4.69, 9.17) is 11.6 Å². The van der Waals surface area contributed by atoms with Crippen LogP contribution in [0, 0.1) is 5.82 Å². The Balaban J connectivity index is 2.16. The van der Waals surface area contributed by atoms with Crippen LogP contribution in [0.1, 0.15) is 17.5 Å². The van der Waals surface area contributed by atoms with Crippen molar-refractivity contribution in [3.05, 3.63) is 76.8 Å². The van der Waals surface area contributed by atoms with Crippen molar-refractivity contribution in [1.82, 2.24) is 0 Å². The first-order chi connectivity index (χ1) is 10.2. The molecular formula is C17H14ClFO2. The normalized spacial score (nSPS) is 11.2. The van der Waals surface area contributed by atoms with Crippen LogP contribution in [0.3, 0.4) is 0 Å². The van der Waals surface area contributed by atoms with Crippen molar-refractivity contribution in [2.75, 3.05) is 0 Å². The minimum atomic E-state index is -0.339. The Morgan fingerprint density at radius 3 is 2.52 bits per heavy atom. The van der Waals surface area contributed by atoms with E-state index in [1.165, 1.54) is 12.3 Å². The van der Waals surface area contributed by atoms with Gasteiger partial charge in [-0.05, 0) is 42.2 Å². The Hall–Kier alpha value is -2.13. The molecule has 108 valence electrons. The smallest absolute Gasteiger partial charge is 0.297 e. The summed E-state index contributed by atoms with van der Waals surface area (Å²) in [6, 6.07) is 13.9. The Labute approximate surface area is 127 Å². The van der Waals surface area contributed by atoms with E-state index >= 15 is 0 Å². The van der Waals surface area contributed by atoms with Crippen molar-refractivity contribution in [2.45, 2.75) is 12.8 Å². The summed E-state index contributed by atoms with van der Waals surface area (Å²) in [4.78, 5) is 10.4. The highest BCUT2D eigenvalue weighted by molar-refractivity contribution is 6.30. The zero-order valence-corrected chi connectivity index (χ0v) is 12.0. The second-order valence-corrected chi connectivity index (χ2v) is 4.92. The number of rotatable bonds is 6. The molecule has 0 heterocycles. The summed E-state index contributed by atoms with van der Waals surface area (Å²) < 4.78 is 18.5. The quantitative estimate of drug-likeness (QED) is 0.574. The number of carbonyl (C=O) groups excluding carboxylic acids is 1. The monoisotopic (exact) mass is 304 g/mol. The molecule has 2 rings (SSSR count). The highest BCUT2D eigenvalue weighted by atomic mass is 35.5. The zero-order chi connectivity index (χ0) is 15.1. The summed E-state index contributed by atoms with van der Waals surface area (Å²) in [5.41, 5.74) is 2.15. The fourth-order valence-electron chi connectivity index (χ4n) is 2.02. The second-order valence-electron chi connectivity index (χ2n) is 4.48. The molecule has 2 aromatic carbocycles. The summed E-state index contributed by atoms with van der Waals surface area (Å²) in [6.45, 7) is 0.323. The van der Waals surface area contributed by atoms with Gasteiger partial charge in [0.2, 0.25) is 0 Å². The van der Waals surface area contributed by atoms with Crippen LogP contribution in [0.4, 0.5) is 4.39 Å². The van der Waals surface area contributed by atoms with Crippen LogP contribution in [-0.2, 0) is 16.0 Å². The number of benzene rings is 2. The number of halogens is 2. The molecule has 0 amide bonds. The van der Waals surface area contributed by atoms with Gasteiger partial charge in [0.1, 0.15) is 5.82 Å². The third-order valence-corrected chi connectivity index (χ3v) is 3.33. The summed E-state index contributed by atoms with van der Waals surface area (Å²) in [7, 11) is 0. The first kappa shape index (κ1) is 15.3. The first-order valence-corrected chi connectivity index (χ1v) is 6.86. The third-order valence-electron chi connectivity index (χ3n) is 3.08. The van der Waals surface area contributed by atoms with Crippen LogP contribution in [0.5, 0.6) is 0 Å². The maximum absolute atomic E-state index is 13.8. The van der Waals surface area contributed by atoms with Gasteiger partial charge in [0.05, 0.1) is 6.26 Å². The van der Waals surface area contributed by atoms with Crippen molar-refractivity contribution in [3.63, 3.8) is 0 Å². The van der Waals surface area contributed by atoms with E-state index in [1.807, 2.05) is 24.3 Å². The number of hydrogen-bond acceptors (Lipinski definition) is 2. The molecule has 4 heteroatoms. The summed E-state index contributed by atoms with van der Waals surface area (Å²) in [5, 5.41) is 0.674. The van der Waals surface area contributed by atoms with Crippen molar-refractivity contribution in [2.24, 2.45) is 0 Å². The fraction of sp³-hybridized carbons (Fsp3) is 0.118. The van der Waals surface area contributed by atoms with E-state index in [-0.39, 0.29) is 5.82 Å². The molecule has 0 saturated carbocycles. The Bertz CT molecular complexity index is 635. The number of ether oxygens (including phenoxy) is 1. The molecule has 21 heavy (non-hydrogen) atoms. The summed E-state index contributed by atoms with van der Waals surface area (Å²) in [6.07, 6.45) is 2.54. The molecule has 0 aliphatic rings. The van der Waals surface area contributed by atoms with E-state index in [0.29, 0.717) is 35.5 Å². The van der Waals surface area contributed by atoms with Crippen LogP contribution in [0.25, 0.3) is 5.57 Å². The van der Waals surface area contributed by atoms with Crippen LogP contribution in [0.2, 0.25) is 5.02 Å². The molecule has 0 fully saturated rings. The van der Waals surface area contributed by atoms with Gasteiger partial charge in [0, 0.05) is 10.6 Å². The number of hydrogen-bond donors (Lipinski definition) is 0. The average Bonchev–Trinajstić information content (AvgIpc) is 2.50. The standard InChI is InChI=1S/C17H14ClFO2/c18-15-9-6-13(7-10-15)5-8-14(11-21-12-20)16-3-1-2-4-17(16)19/h1-4,6-7,9-12H,5,8H2. The Morgan fingerprint density at radius 2 is 1.86 bits per heavy atom. The predicted octanol–water partition coefficient (Wildman–Crippen LogP) is 4.63. The molecule has 0 aromatic heterocycles. The zero-order valence-electron chi connectivity index (χ0n) is 11.3. The second kappa shape index (κ2) is 7.60. The highest BCUT2D eigenvalue weighted by Crippen LogP contribution is 2.23. The number of allylic oxidation sites excluding steroid dienone is 1. The molecule has 0 radical (unpaired) electrons. The minimum absolute atomic E-state index is 0.323. The lowest BCUT2D eigenvalue weighted by atomic mass is 9.99. The molecule has 0 N–H and O–H groups in total. The van der Waals surface area contributed by atoms with Crippen LogP contribution >= 0.6 is 11.6 Å². The number of aryl methyl sites for hydroxylation is 1. The minimum Gasteiger partial charge on any atom is -0.436 e. The molecule has 0 unspecified atom stereocenters. The predicted molar refractivity (Wildman–Crippen MR) is 81.3 cm³/mol. The fourth-order valence-corrected chi connectivity index (χ4v) is 2.14. The van der Waals surface area contributed by atoms with E-state index in [1.54, 1.807) is 18.2 Å². The van der Waals surface area contributed by atoms with E-state index in [2.05, 4.69) is 4.74 Å². The van der Waals surface area contributed by atoms with E-state index in [0.717, 1.165) is 5.56 Å². The van der Waals surface area contributed by atoms with E-state index < -0.39 is 0 Å². The van der Waals surface area contributed by atoms with Gasteiger partial charge < -0.3 is 4.74 Å². The van der Waals surface area contributed by atoms with Crippen molar-refractivity contribution >= 4 is 23.6 Å². The molecule has 0 saturated heterocycles. The van der Waals surface area contributed by atoms with Gasteiger partial charge in [-0.25, -0.2) is 4.39 Å². The highest BCUT2D eigenvalue weighted by Gasteiger charge is 2.08. The van der Waals surface area contributed by atoms with Gasteiger partial charge in [-0.3, -0.25) is 4.79 Å². The Morgan fingerprint density at radius 1 is 1.14 bits per heavy atom. The van der Waals surface area contributed by atoms with Gasteiger partial charge in [-0.15, -0.1) is 0 Å². The van der Waals surface area contributed by atoms with Crippen molar-refractivity contribution in [1.29, 1.82) is 0 Å². The van der Waals surface area contributed by atoms with Gasteiger partial charge in [0.15, 0.2) is 0 Å². The molecule has 0 aliphatic carbocycles. The summed E-state index contributed by atoms with van der Waals surface area (Å²) in [5.74, 6) is -0.339. The largest absolute Gasteiger partial charge is 0.436 e. The Kier molecular flexibility index (Phi) is 5.52. The topological polar surface area (TPSA) is 26.3 Å². The van der Waals surface area contributed by atoms with E-state index in [9.17, 15) is 9.18 Å². The van der Waals surface area contributed by atoms with Crippen LogP contribution < -0.4 is 0 Å². The maximum Gasteiger partial charge on any atom is 0.297 e. The van der Waals surface area contributed by atoms with Gasteiger partial charge in [-0.2, -0.15) is 0 Å². The molecule has 0 bridgehead atoms. The van der Waals surface area contributed by atoms with Gasteiger partial charge in [0.25, 0.3) is 6.47 Å². The third kappa shape index (κ3) is 4.43. The molecule has 2 nitrogen and oxygen atoms in total. The lowest BCUT2D eigenvalue weighted by Crippen LogP contribution is -1.94. The van der Waals surface area contributed by atoms with Crippen molar-refractivity contribution < 1.29 is 13.9 Å².